The summed E-state index contributed by atoms with van der Waals surface area (Å²) in [7, 11) is 0. The summed E-state index contributed by atoms with van der Waals surface area (Å²) in [6, 6.07) is 14.5. The smallest absolute Gasteiger partial charge is 0.149 e. The van der Waals surface area contributed by atoms with E-state index in [0.717, 1.165) is 32.2 Å². The van der Waals surface area contributed by atoms with Crippen LogP contribution in [0.3, 0.4) is 0 Å². The van der Waals surface area contributed by atoms with Gasteiger partial charge in [0.15, 0.2) is 0 Å². The zero-order valence-corrected chi connectivity index (χ0v) is 14.2. The number of aromatic amines is 1. The number of pyridine rings is 1. The Morgan fingerprint density at radius 1 is 1.04 bits per heavy atom. The lowest BCUT2D eigenvalue weighted by atomic mass is 10.1. The van der Waals surface area contributed by atoms with Crippen LogP contribution in [0, 0.1) is 5.82 Å². The molecule has 0 saturated carbocycles. The first-order valence-corrected chi connectivity index (χ1v) is 8.85. The monoisotopic (exact) mass is 361 g/mol. The third-order valence-electron chi connectivity index (χ3n) is 4.20. The van der Waals surface area contributed by atoms with Gasteiger partial charge in [0.25, 0.3) is 0 Å². The average Bonchev–Trinajstić information content (AvgIpc) is 3.33. The Kier molecular flexibility index (Phi) is 3.39. The minimum Gasteiger partial charge on any atom is -0.339 e. The largest absolute Gasteiger partial charge is 0.339 e. The van der Waals surface area contributed by atoms with Gasteiger partial charge in [-0.25, -0.2) is 9.37 Å². The molecule has 0 radical (unpaired) electrons. The third kappa shape index (κ3) is 2.49. The summed E-state index contributed by atoms with van der Waals surface area (Å²) >= 11 is 1.61. The normalized spacial score (nSPS) is 11.3. The fourth-order valence-corrected chi connectivity index (χ4v) is 3.87. The molecule has 7 heteroatoms. The summed E-state index contributed by atoms with van der Waals surface area (Å²) in [4.78, 5) is 4.79. The second-order valence-corrected chi connectivity index (χ2v) is 6.76. The molecular weight excluding hydrogens is 349 g/mol. The van der Waals surface area contributed by atoms with Gasteiger partial charge in [-0.2, -0.15) is 15.4 Å². The molecule has 0 unspecified atom stereocenters. The first-order valence-electron chi connectivity index (χ1n) is 7.98. The van der Waals surface area contributed by atoms with E-state index in [1.54, 1.807) is 23.6 Å². The summed E-state index contributed by atoms with van der Waals surface area (Å²) in [6.07, 6.45) is 1.68. The molecule has 0 atom stereocenters. The highest BCUT2D eigenvalue weighted by atomic mass is 32.1. The Balaban J connectivity index is 1.69. The summed E-state index contributed by atoms with van der Waals surface area (Å²) < 4.78 is 14.6. The molecule has 5 rings (SSSR count). The van der Waals surface area contributed by atoms with E-state index in [0.29, 0.717) is 11.5 Å². The van der Waals surface area contributed by atoms with Gasteiger partial charge in [-0.15, -0.1) is 11.3 Å². The lowest BCUT2D eigenvalue weighted by Crippen LogP contribution is -1.95. The van der Waals surface area contributed by atoms with Gasteiger partial charge in [-0.3, -0.25) is 0 Å². The number of nitrogens with one attached hydrogen (secondary N) is 2. The number of halogens is 1. The molecule has 5 aromatic rings. The fraction of sp³-hybridized carbons (Fsp3) is 0. The van der Waals surface area contributed by atoms with E-state index in [-0.39, 0.29) is 5.82 Å². The number of benzene rings is 2. The van der Waals surface area contributed by atoms with E-state index in [2.05, 4.69) is 26.8 Å². The van der Waals surface area contributed by atoms with E-state index in [1.165, 1.54) is 12.1 Å². The Bertz CT molecular complexity index is 1230. The number of H-pyrrole nitrogens is 1. The number of thiophene rings is 1. The Morgan fingerprint density at radius 2 is 2.00 bits per heavy atom. The number of rotatable bonds is 3. The van der Waals surface area contributed by atoms with Gasteiger partial charge in [-0.05, 0) is 35.7 Å². The highest BCUT2D eigenvalue weighted by molar-refractivity contribution is 7.18. The molecule has 3 aromatic heterocycles. The third-order valence-corrected chi connectivity index (χ3v) is 5.12. The lowest BCUT2D eigenvalue weighted by molar-refractivity contribution is 0.628. The molecule has 2 aromatic carbocycles. The van der Waals surface area contributed by atoms with E-state index in [9.17, 15) is 4.39 Å². The van der Waals surface area contributed by atoms with E-state index < -0.39 is 0 Å². The maximum absolute atomic E-state index is 13.5. The van der Waals surface area contributed by atoms with Gasteiger partial charge in [0.05, 0.1) is 16.4 Å². The van der Waals surface area contributed by atoms with Gasteiger partial charge >= 0.3 is 0 Å². The van der Waals surface area contributed by atoms with Crippen LogP contribution in [0.25, 0.3) is 32.2 Å². The second kappa shape index (κ2) is 5.89. The van der Waals surface area contributed by atoms with Gasteiger partial charge in [0.2, 0.25) is 0 Å². The lowest BCUT2D eigenvalue weighted by Gasteiger charge is -2.10. The quantitative estimate of drug-likeness (QED) is 0.468. The van der Waals surface area contributed by atoms with Crippen LogP contribution < -0.4 is 5.32 Å². The molecule has 0 fully saturated rings. The molecule has 126 valence electrons. The van der Waals surface area contributed by atoms with Gasteiger partial charge in [0, 0.05) is 22.0 Å². The van der Waals surface area contributed by atoms with E-state index in [1.807, 2.05) is 29.6 Å². The van der Waals surface area contributed by atoms with Gasteiger partial charge in [0.1, 0.15) is 17.3 Å². The molecule has 0 aliphatic rings. The number of fused-ring (bicyclic) bond motifs is 3. The zero-order valence-electron chi connectivity index (χ0n) is 13.4. The van der Waals surface area contributed by atoms with Crippen LogP contribution in [-0.4, -0.2) is 20.4 Å². The minimum absolute atomic E-state index is 0.286. The average molecular weight is 361 g/mol. The van der Waals surface area contributed by atoms with E-state index in [4.69, 9.17) is 4.98 Å². The highest BCUT2D eigenvalue weighted by Gasteiger charge is 2.12. The van der Waals surface area contributed by atoms with Gasteiger partial charge < -0.3 is 5.32 Å². The molecule has 0 amide bonds. The van der Waals surface area contributed by atoms with Crippen molar-refractivity contribution >= 4 is 43.8 Å². The zero-order chi connectivity index (χ0) is 17.5. The first-order chi connectivity index (χ1) is 12.8. The number of nitrogens with zero attached hydrogens (tertiary/aromatic N) is 3. The topological polar surface area (TPSA) is 66.5 Å². The van der Waals surface area contributed by atoms with Crippen molar-refractivity contribution in [3.05, 3.63) is 65.9 Å². The first kappa shape index (κ1) is 15.0. The summed E-state index contributed by atoms with van der Waals surface area (Å²) in [5.41, 5.74) is 3.21. The van der Waals surface area contributed by atoms with Gasteiger partial charge in [-0.1, -0.05) is 18.2 Å². The molecule has 2 N–H and O–H groups in total. The molecule has 5 nitrogen and oxygen atoms in total. The number of aromatic nitrogens is 4. The van der Waals surface area contributed by atoms with Crippen LogP contribution in [0.2, 0.25) is 0 Å². The second-order valence-electron chi connectivity index (χ2n) is 5.85. The Morgan fingerprint density at radius 3 is 2.85 bits per heavy atom. The van der Waals surface area contributed by atoms with E-state index >= 15 is 0 Å². The van der Waals surface area contributed by atoms with Crippen molar-refractivity contribution in [3.8, 4) is 11.3 Å². The predicted molar refractivity (Wildman–Crippen MR) is 102 cm³/mol. The number of hydrogen-bond acceptors (Lipinski definition) is 5. The van der Waals surface area contributed by atoms with Crippen molar-refractivity contribution in [3.63, 3.8) is 0 Å². The van der Waals surface area contributed by atoms with Crippen molar-refractivity contribution in [2.75, 3.05) is 5.32 Å². The highest BCUT2D eigenvalue weighted by Crippen LogP contribution is 2.36. The van der Waals surface area contributed by atoms with Crippen molar-refractivity contribution in [1.82, 2.24) is 20.4 Å². The molecule has 0 bridgehead atoms. The predicted octanol–water partition coefficient (Wildman–Crippen LogP) is 5.12. The molecule has 0 aliphatic heterocycles. The van der Waals surface area contributed by atoms with Crippen LogP contribution in [-0.2, 0) is 0 Å². The number of anilines is 2. The summed E-state index contributed by atoms with van der Waals surface area (Å²) in [5.74, 6) is 0.428. The summed E-state index contributed by atoms with van der Waals surface area (Å²) in [5, 5.41) is 18.1. The summed E-state index contributed by atoms with van der Waals surface area (Å²) in [6.45, 7) is 0. The van der Waals surface area contributed by atoms with Crippen LogP contribution in [0.15, 0.2) is 60.1 Å². The molecular formula is C19H12FN5S. The molecule has 0 spiro atoms. The van der Waals surface area contributed by atoms with Crippen molar-refractivity contribution in [1.29, 1.82) is 0 Å². The minimum atomic E-state index is -0.286. The SMILES string of the molecule is Fc1cccc(Nc2nc3cc(-c4cn[nH]n4)ccc3c3ccsc23)c1. The van der Waals surface area contributed by atoms with Crippen molar-refractivity contribution in [2.45, 2.75) is 0 Å². The standard InChI is InChI=1S/C19H12FN5S/c20-12-2-1-3-13(9-12)22-19-18-15(6-7-26-18)14-5-4-11(8-16(14)23-19)17-10-21-25-24-17/h1-10H,(H,22,23)(H,21,24,25). The maximum atomic E-state index is 13.5. The van der Waals surface area contributed by atoms with Crippen LogP contribution in [0.4, 0.5) is 15.9 Å². The number of hydrogen-bond donors (Lipinski definition) is 2. The fourth-order valence-electron chi connectivity index (χ4n) is 3.02. The molecule has 3 heterocycles. The Labute approximate surface area is 151 Å². The molecule has 26 heavy (non-hydrogen) atoms. The maximum Gasteiger partial charge on any atom is 0.149 e. The molecule has 0 saturated heterocycles. The molecule has 0 aliphatic carbocycles. The van der Waals surface area contributed by atoms with Crippen molar-refractivity contribution < 1.29 is 4.39 Å². The van der Waals surface area contributed by atoms with Crippen LogP contribution in [0.1, 0.15) is 0 Å². The van der Waals surface area contributed by atoms with Crippen LogP contribution in [0.5, 0.6) is 0 Å². The Hall–Kier alpha value is -3.32. The van der Waals surface area contributed by atoms with Crippen molar-refractivity contribution in [2.24, 2.45) is 0 Å². The van der Waals surface area contributed by atoms with Crippen LogP contribution >= 0.6 is 11.3 Å².